The number of alkyl halides is 2. The predicted molar refractivity (Wildman–Crippen MR) is 300 cm³/mol. The van der Waals surface area contributed by atoms with Gasteiger partial charge in [-0.15, -0.1) is 23.2 Å². The third-order valence-corrected chi connectivity index (χ3v) is 18.5. The lowest BCUT2D eigenvalue weighted by Gasteiger charge is -2.35. The Labute approximate surface area is 485 Å². The lowest BCUT2D eigenvalue weighted by atomic mass is 9.97. The number of ether oxygens (including phenoxy) is 4. The molecule has 13 atom stereocenters. The highest BCUT2D eigenvalue weighted by atomic mass is 35.5. The first-order valence-electron chi connectivity index (χ1n) is 25.2. The zero-order valence-electron chi connectivity index (χ0n) is 46.9. The van der Waals surface area contributed by atoms with Crippen molar-refractivity contribution in [2.45, 2.75) is 160 Å². The smallest absolute Gasteiger partial charge is 0.406 e. The van der Waals surface area contributed by atoms with E-state index in [0.29, 0.717) is 0 Å². The van der Waals surface area contributed by atoms with Gasteiger partial charge in [-0.2, -0.15) is 0 Å². The number of urea groups is 1. The molecule has 4 aliphatic rings. The van der Waals surface area contributed by atoms with Crippen LogP contribution < -0.4 is 27.0 Å². The molecule has 0 radical (unpaired) electrons. The second-order valence-corrected chi connectivity index (χ2v) is 28.2. The summed E-state index contributed by atoms with van der Waals surface area (Å²) in [6, 6.07) is -2.78. The van der Waals surface area contributed by atoms with E-state index in [1.165, 1.54) is 44.0 Å². The van der Waals surface area contributed by atoms with Gasteiger partial charge in [-0.1, -0.05) is 30.1 Å². The second kappa shape index (κ2) is 30.4. The molecule has 2 fully saturated rings. The maximum absolute atomic E-state index is 13.7. The maximum atomic E-state index is 13.7. The average Bonchev–Trinajstić information content (AvgIpc) is 3.72. The van der Waals surface area contributed by atoms with Crippen LogP contribution in [0.25, 0.3) is 0 Å². The molecule has 0 aliphatic carbocycles. The van der Waals surface area contributed by atoms with Gasteiger partial charge in [-0.3, -0.25) is 42.2 Å². The molecule has 0 aromatic heterocycles. The Kier molecular flexibility index (Phi) is 27.2. The number of nitrogens with one attached hydrogen (secondary N) is 3. The van der Waals surface area contributed by atoms with Gasteiger partial charge in [0.1, 0.15) is 57.9 Å². The normalized spacial score (nSPS) is 28.4. The summed E-state index contributed by atoms with van der Waals surface area (Å²) in [7, 11) is -8.47. The van der Waals surface area contributed by atoms with Crippen molar-refractivity contribution in [2.75, 3.05) is 51.1 Å². The molecule has 458 valence electrons. The Morgan fingerprint density at radius 1 is 0.787 bits per heavy atom. The molecule has 4 rings (SSSR count). The highest BCUT2D eigenvalue weighted by Gasteiger charge is 2.57. The molecular formula is C47H80Cl2N8O19P2S2. The monoisotopic (exact) mass is 1260 g/mol. The minimum Gasteiger partial charge on any atom is -0.462 e. The number of nitrogens with two attached hydrogens (primary N) is 2. The quantitative estimate of drug-likeness (QED) is 0.0235. The Bertz CT molecular complexity index is 2250. The van der Waals surface area contributed by atoms with Crippen LogP contribution in [0, 0.1) is 10.8 Å². The van der Waals surface area contributed by atoms with Gasteiger partial charge in [0.2, 0.25) is 0 Å². The van der Waals surface area contributed by atoms with Crippen molar-refractivity contribution in [3.05, 3.63) is 37.0 Å². The van der Waals surface area contributed by atoms with Crippen LogP contribution in [-0.4, -0.2) is 192 Å². The fourth-order valence-corrected chi connectivity index (χ4v) is 12.4. The van der Waals surface area contributed by atoms with E-state index < -0.39 is 135 Å². The predicted octanol–water partition coefficient (Wildman–Crippen LogP) is 3.32. The number of rotatable bonds is 28. The van der Waals surface area contributed by atoms with Crippen molar-refractivity contribution in [3.63, 3.8) is 0 Å². The first-order valence-corrected chi connectivity index (χ1v) is 31.1. The summed E-state index contributed by atoms with van der Waals surface area (Å²) in [6.45, 7) is 20.7. The third-order valence-electron chi connectivity index (χ3n) is 11.9. The number of thioether (sulfide) groups is 2. The van der Waals surface area contributed by atoms with Crippen LogP contribution in [0.4, 0.5) is 4.79 Å². The van der Waals surface area contributed by atoms with Crippen molar-refractivity contribution in [2.24, 2.45) is 27.3 Å². The topological polar surface area (TPSA) is 381 Å². The second-order valence-electron chi connectivity index (χ2n) is 20.9. The summed E-state index contributed by atoms with van der Waals surface area (Å²) in [5.41, 5.74) is 9.46. The number of aliphatic imine (C=N–C) groups is 1. The van der Waals surface area contributed by atoms with Crippen LogP contribution in [0.2, 0.25) is 0 Å². The maximum Gasteiger partial charge on any atom is 0.406 e. The molecule has 2 saturated heterocycles. The van der Waals surface area contributed by atoms with Crippen LogP contribution in [0.5, 0.6) is 0 Å². The molecule has 2 unspecified atom stereocenters. The summed E-state index contributed by atoms with van der Waals surface area (Å²) in [4.78, 5) is 65.5. The Morgan fingerprint density at radius 2 is 1.19 bits per heavy atom. The standard InChI is InChI=1S/C24H40ClN4O9PS.C23H40ClN4O10PS/c1-14(2)37-20(32)15(3)28-39(34,35-10-11-40-22(33)23(5,6)13-30)36-12-17-19(31)24(7,25)21(38-17)29-9-8-18(26)27-16(29)4;1-13(2)37-18(31)14(3)27-39(34,35-9-10-40-20(32)22(4,5)12-29)36-11-15-17(30)23(6,24)19(38-15)28-8-7-16(25)26-21(28)33/h8-9,14-15,17,19,21,30-31H,4,10-13H2,1-3,5-7H3,(H2,26,27)(H,28,34);7-8,13-17,19,29-30H,9-12,25H2,1-6H3,(H,26,33)(H,27,34)/t15-,17-,19-,21-,24-,39?;14-,15-,16?,17-,19-,23-,39+/m11/s1. The zero-order chi connectivity index (χ0) is 60.9. The molecular weight excluding hydrogens is 1180 g/mol. The van der Waals surface area contributed by atoms with E-state index >= 15 is 0 Å². The van der Waals surface area contributed by atoms with E-state index in [1.807, 2.05) is 0 Å². The number of halogens is 2. The van der Waals surface area contributed by atoms with Gasteiger partial charge in [-0.05, 0) is 95.2 Å². The van der Waals surface area contributed by atoms with E-state index in [2.05, 4.69) is 27.1 Å². The number of carbonyl (C=O) groups is 5. The molecule has 4 aliphatic heterocycles. The fourth-order valence-electron chi connectivity index (χ4n) is 7.02. The summed E-state index contributed by atoms with van der Waals surface area (Å²) < 4.78 is 71.6. The lowest BCUT2D eigenvalue weighted by molar-refractivity contribution is -0.150. The molecule has 11 N–H and O–H groups in total. The van der Waals surface area contributed by atoms with Crippen molar-refractivity contribution in [1.29, 1.82) is 0 Å². The van der Waals surface area contributed by atoms with Gasteiger partial charge in [0.25, 0.3) is 0 Å². The highest BCUT2D eigenvalue weighted by molar-refractivity contribution is 8.14. The fraction of sp³-hybridized carbons (Fsp3) is 0.745. The number of hydrogen-bond donors (Lipinski definition) is 9. The summed E-state index contributed by atoms with van der Waals surface area (Å²) in [5, 5.41) is 47.5. The first kappa shape index (κ1) is 71.5. The van der Waals surface area contributed by atoms with Crippen LogP contribution in [0.15, 0.2) is 41.9 Å². The Morgan fingerprint density at radius 3 is 1.55 bits per heavy atom. The first-order chi connectivity index (χ1) is 36.9. The minimum atomic E-state index is -4.26. The summed E-state index contributed by atoms with van der Waals surface area (Å²) >= 11 is 15.0. The lowest BCUT2D eigenvalue weighted by Crippen LogP contribution is -2.57. The van der Waals surface area contributed by atoms with Gasteiger partial charge in [0.05, 0.1) is 68.8 Å². The molecule has 27 nitrogen and oxygen atoms in total. The molecule has 0 aromatic rings. The molecule has 33 heteroatoms. The van der Waals surface area contributed by atoms with Crippen molar-refractivity contribution in [1.82, 2.24) is 25.3 Å². The van der Waals surface area contributed by atoms with E-state index in [4.69, 9.17) is 71.7 Å². The number of esters is 2. The number of hydrogen-bond acceptors (Lipinski definition) is 25. The molecule has 80 heavy (non-hydrogen) atoms. The zero-order valence-corrected chi connectivity index (χ0v) is 51.8. The summed E-state index contributed by atoms with van der Waals surface area (Å²) in [6.07, 6.45) is -2.47. The highest BCUT2D eigenvalue weighted by Crippen LogP contribution is 2.49. The number of amidine groups is 1. The summed E-state index contributed by atoms with van der Waals surface area (Å²) in [5.74, 6) is -0.731. The molecule has 4 heterocycles. The van der Waals surface area contributed by atoms with E-state index in [1.54, 1.807) is 68.5 Å². The third kappa shape index (κ3) is 20.2. The number of nitrogens with zero attached hydrogens (tertiary/aromatic N) is 3. The van der Waals surface area contributed by atoms with E-state index in [-0.39, 0.29) is 59.8 Å². The van der Waals surface area contributed by atoms with Gasteiger partial charge in [0, 0.05) is 23.9 Å². The van der Waals surface area contributed by atoms with Crippen LogP contribution in [0.3, 0.4) is 0 Å². The minimum absolute atomic E-state index is 0.0744. The molecule has 0 spiro atoms. The van der Waals surface area contributed by atoms with E-state index in [9.17, 15) is 53.5 Å². The van der Waals surface area contributed by atoms with Gasteiger partial charge in [-0.25, -0.2) is 29.1 Å². The number of carbonyl (C=O) groups excluding carboxylic acids is 5. The number of amides is 2. The van der Waals surface area contributed by atoms with Crippen molar-refractivity contribution in [3.8, 4) is 0 Å². The molecule has 0 bridgehead atoms. The average molecular weight is 1260 g/mol. The Hall–Kier alpha value is -2.74. The van der Waals surface area contributed by atoms with Crippen molar-refractivity contribution < 1.29 is 90.6 Å². The van der Waals surface area contributed by atoms with Gasteiger partial charge < -0.3 is 61.1 Å². The molecule has 2 amide bonds. The number of aliphatic hydroxyl groups is 4. The van der Waals surface area contributed by atoms with Gasteiger partial charge in [0.15, 0.2) is 22.7 Å². The van der Waals surface area contributed by atoms with Crippen LogP contribution in [-0.2, 0) is 65.4 Å². The molecule has 0 aromatic carbocycles. The van der Waals surface area contributed by atoms with E-state index in [0.717, 1.165) is 28.4 Å². The van der Waals surface area contributed by atoms with Crippen LogP contribution >= 0.6 is 62.2 Å². The largest absolute Gasteiger partial charge is 0.462 e. The van der Waals surface area contributed by atoms with Crippen LogP contribution in [0.1, 0.15) is 83.1 Å². The van der Waals surface area contributed by atoms with Gasteiger partial charge >= 0.3 is 33.5 Å². The SMILES string of the molecule is C=C1N=C(N)C=CN1[C@@H]1O[C@H](COP(=O)(N[C@H](C)C(=O)OC(C)C)OCCSC(=O)C(C)(C)CO)[C@@H](O)[C@@]1(C)Cl.CC(C)OC(=O)[C@@H](C)N[P@](=O)(OCCSC(=O)C(C)(C)CO)OC[C@H]1O[C@@H](N2C=CC(N)NC2=O)[C@](C)(Cl)[C@@H]1O. The van der Waals surface area contributed by atoms with Crippen molar-refractivity contribution >= 4 is 96.3 Å². The number of aliphatic hydroxyl groups excluding tert-OH is 4. The molecule has 0 saturated carbocycles. The Balaban J connectivity index is 0.000000420.